The molecule has 1 aromatic carbocycles. The Hall–Kier alpha value is -2.81. The zero-order valence-corrected chi connectivity index (χ0v) is 11.7. The van der Waals surface area contributed by atoms with Crippen LogP contribution in [-0.2, 0) is 6.42 Å². The van der Waals surface area contributed by atoms with Crippen LogP contribution in [0.25, 0.3) is 0 Å². The molecular formula is C15H16N4O2. The van der Waals surface area contributed by atoms with Gasteiger partial charge in [-0.05, 0) is 31.0 Å². The van der Waals surface area contributed by atoms with Gasteiger partial charge in [0.1, 0.15) is 23.2 Å². The maximum absolute atomic E-state index is 12.0. The Labute approximate surface area is 122 Å². The van der Waals surface area contributed by atoms with Gasteiger partial charge in [-0.15, -0.1) is 0 Å². The third kappa shape index (κ3) is 3.39. The van der Waals surface area contributed by atoms with Crippen LogP contribution in [0.3, 0.4) is 0 Å². The van der Waals surface area contributed by atoms with E-state index in [2.05, 4.69) is 5.10 Å². The second-order valence-corrected chi connectivity index (χ2v) is 4.44. The lowest BCUT2D eigenvalue weighted by molar-refractivity contribution is 0.0890. The van der Waals surface area contributed by atoms with E-state index in [1.807, 2.05) is 37.3 Å². The number of aryl methyl sites for hydroxylation is 1. The molecule has 2 rings (SSSR count). The molecule has 0 saturated heterocycles. The number of carbonyl (C=O) groups is 1. The number of carbonyl (C=O) groups excluding carboxylic acids is 1. The topological polar surface area (TPSA) is 93.9 Å². The van der Waals surface area contributed by atoms with Crippen LogP contribution in [-0.4, -0.2) is 22.3 Å². The van der Waals surface area contributed by atoms with Crippen molar-refractivity contribution in [1.82, 2.24) is 9.78 Å². The second-order valence-electron chi connectivity index (χ2n) is 4.44. The number of aromatic nitrogens is 2. The van der Waals surface area contributed by atoms with Crippen molar-refractivity contribution in [2.75, 3.05) is 12.3 Å². The molecule has 0 saturated carbocycles. The fourth-order valence-corrected chi connectivity index (χ4v) is 1.92. The predicted octanol–water partition coefficient (Wildman–Crippen LogP) is 2.01. The van der Waals surface area contributed by atoms with E-state index in [0.717, 1.165) is 16.0 Å². The molecule has 1 aromatic heterocycles. The summed E-state index contributed by atoms with van der Waals surface area (Å²) in [5.74, 6) is 0.666. The summed E-state index contributed by atoms with van der Waals surface area (Å²) in [6.07, 6.45) is 2.14. The molecule has 1 heterocycles. The van der Waals surface area contributed by atoms with Gasteiger partial charge in [-0.3, -0.25) is 4.79 Å². The molecule has 108 valence electrons. The van der Waals surface area contributed by atoms with Gasteiger partial charge in [0.15, 0.2) is 0 Å². The minimum Gasteiger partial charge on any atom is -0.494 e. The van der Waals surface area contributed by atoms with Gasteiger partial charge in [-0.25, -0.2) is 0 Å². The lowest BCUT2D eigenvalue weighted by Crippen LogP contribution is -2.15. The Bertz CT molecular complexity index is 668. The van der Waals surface area contributed by atoms with Crippen molar-refractivity contribution in [2.45, 2.75) is 19.8 Å². The second kappa shape index (κ2) is 6.57. The van der Waals surface area contributed by atoms with Gasteiger partial charge in [0.05, 0.1) is 12.8 Å². The molecule has 0 bridgehead atoms. The number of rotatable bonds is 5. The highest BCUT2D eigenvalue weighted by atomic mass is 16.5. The molecule has 6 nitrogen and oxygen atoms in total. The number of benzene rings is 1. The van der Waals surface area contributed by atoms with E-state index in [1.165, 1.54) is 6.20 Å². The van der Waals surface area contributed by atoms with E-state index in [-0.39, 0.29) is 23.7 Å². The lowest BCUT2D eigenvalue weighted by Gasteiger charge is -2.05. The summed E-state index contributed by atoms with van der Waals surface area (Å²) >= 11 is 0. The Morgan fingerprint density at radius 3 is 2.71 bits per heavy atom. The maximum atomic E-state index is 12.0. The van der Waals surface area contributed by atoms with Crippen molar-refractivity contribution in [3.63, 3.8) is 0 Å². The number of hydrogen-bond donors (Lipinski definition) is 1. The Morgan fingerprint density at radius 1 is 1.43 bits per heavy atom. The molecule has 21 heavy (non-hydrogen) atoms. The third-order valence-corrected chi connectivity index (χ3v) is 3.03. The molecule has 6 heteroatoms. The van der Waals surface area contributed by atoms with Crippen molar-refractivity contribution in [3.8, 4) is 11.8 Å². The minimum atomic E-state index is -0.233. The van der Waals surface area contributed by atoms with Gasteiger partial charge in [-0.1, -0.05) is 12.1 Å². The molecule has 0 amide bonds. The molecule has 0 atom stereocenters. The first-order valence-electron chi connectivity index (χ1n) is 6.64. The molecule has 2 N–H and O–H groups in total. The largest absolute Gasteiger partial charge is 0.494 e. The van der Waals surface area contributed by atoms with Gasteiger partial charge < -0.3 is 10.5 Å². The van der Waals surface area contributed by atoms with Crippen molar-refractivity contribution in [2.24, 2.45) is 0 Å². The average molecular weight is 284 g/mol. The lowest BCUT2D eigenvalue weighted by atomic mass is 10.1. The van der Waals surface area contributed by atoms with Gasteiger partial charge in [0.25, 0.3) is 0 Å². The van der Waals surface area contributed by atoms with E-state index in [9.17, 15) is 4.79 Å². The summed E-state index contributed by atoms with van der Waals surface area (Å²) in [5.41, 5.74) is 6.92. The highest BCUT2D eigenvalue weighted by Crippen LogP contribution is 2.15. The van der Waals surface area contributed by atoms with Gasteiger partial charge in [0, 0.05) is 6.42 Å². The smallest absolute Gasteiger partial charge is 0.249 e. The quantitative estimate of drug-likeness (QED) is 0.906. The van der Waals surface area contributed by atoms with Crippen molar-refractivity contribution in [1.29, 1.82) is 5.26 Å². The molecular weight excluding hydrogens is 268 g/mol. The molecule has 2 aromatic rings. The van der Waals surface area contributed by atoms with E-state index in [1.54, 1.807) is 0 Å². The predicted molar refractivity (Wildman–Crippen MR) is 77.9 cm³/mol. The minimum absolute atomic E-state index is 0.0918. The molecule has 0 unspecified atom stereocenters. The molecule has 0 radical (unpaired) electrons. The number of nitrogens with zero attached hydrogens (tertiary/aromatic N) is 3. The molecule has 0 fully saturated rings. The zero-order valence-electron chi connectivity index (χ0n) is 11.7. The zero-order chi connectivity index (χ0) is 15.2. The molecule has 0 aliphatic rings. The van der Waals surface area contributed by atoms with Crippen LogP contribution in [0, 0.1) is 11.3 Å². The van der Waals surface area contributed by atoms with E-state index < -0.39 is 0 Å². The standard InChI is InChI=1S/C15H16N4O2/c1-2-21-13-6-3-11(4-7-13)5-8-14(20)19-15(17)12(9-16)10-18-19/h3-4,6-7,10H,2,5,8,17H2,1H3. The number of nitriles is 1. The third-order valence-electron chi connectivity index (χ3n) is 3.03. The van der Waals surface area contributed by atoms with E-state index in [4.69, 9.17) is 15.7 Å². The number of hydrogen-bond acceptors (Lipinski definition) is 5. The Morgan fingerprint density at radius 2 is 2.14 bits per heavy atom. The number of nitrogens with two attached hydrogens (primary N) is 1. The maximum Gasteiger partial charge on any atom is 0.249 e. The average Bonchev–Trinajstić information content (AvgIpc) is 2.87. The summed E-state index contributed by atoms with van der Waals surface area (Å²) in [7, 11) is 0. The highest BCUT2D eigenvalue weighted by Gasteiger charge is 2.13. The summed E-state index contributed by atoms with van der Waals surface area (Å²) in [5, 5.41) is 12.6. The summed E-state index contributed by atoms with van der Waals surface area (Å²) in [6.45, 7) is 2.55. The van der Waals surface area contributed by atoms with Crippen LogP contribution >= 0.6 is 0 Å². The van der Waals surface area contributed by atoms with Gasteiger partial charge in [-0.2, -0.15) is 15.0 Å². The summed E-state index contributed by atoms with van der Waals surface area (Å²) < 4.78 is 6.43. The summed E-state index contributed by atoms with van der Waals surface area (Å²) in [4.78, 5) is 12.0. The first-order valence-corrected chi connectivity index (χ1v) is 6.64. The van der Waals surface area contributed by atoms with Crippen LogP contribution in [0.4, 0.5) is 5.82 Å². The van der Waals surface area contributed by atoms with E-state index >= 15 is 0 Å². The van der Waals surface area contributed by atoms with Crippen LogP contribution < -0.4 is 10.5 Å². The van der Waals surface area contributed by atoms with Gasteiger partial charge in [0.2, 0.25) is 5.91 Å². The van der Waals surface area contributed by atoms with Crippen LogP contribution in [0.1, 0.15) is 29.3 Å². The molecule has 0 aliphatic carbocycles. The number of anilines is 1. The monoisotopic (exact) mass is 284 g/mol. The van der Waals surface area contributed by atoms with Crippen molar-refractivity contribution >= 4 is 11.7 Å². The van der Waals surface area contributed by atoms with Crippen LogP contribution in [0.2, 0.25) is 0 Å². The Kier molecular flexibility index (Phi) is 4.57. The highest BCUT2D eigenvalue weighted by molar-refractivity contribution is 5.82. The van der Waals surface area contributed by atoms with Crippen LogP contribution in [0.5, 0.6) is 5.75 Å². The van der Waals surface area contributed by atoms with Crippen LogP contribution in [0.15, 0.2) is 30.5 Å². The van der Waals surface area contributed by atoms with E-state index in [0.29, 0.717) is 13.0 Å². The first-order chi connectivity index (χ1) is 10.2. The molecule has 0 spiro atoms. The van der Waals surface area contributed by atoms with Crippen molar-refractivity contribution in [3.05, 3.63) is 41.6 Å². The first kappa shape index (κ1) is 14.6. The van der Waals surface area contributed by atoms with Crippen molar-refractivity contribution < 1.29 is 9.53 Å². The van der Waals surface area contributed by atoms with Gasteiger partial charge >= 0.3 is 0 Å². The fraction of sp³-hybridized carbons (Fsp3) is 0.267. The Balaban J connectivity index is 1.97. The summed E-state index contributed by atoms with van der Waals surface area (Å²) in [6, 6.07) is 9.48. The number of ether oxygens (including phenoxy) is 1. The molecule has 0 aliphatic heterocycles. The normalized spacial score (nSPS) is 10.1. The fourth-order valence-electron chi connectivity index (χ4n) is 1.92. The SMILES string of the molecule is CCOc1ccc(CCC(=O)n2ncc(C#N)c2N)cc1. The number of nitrogen functional groups attached to an aromatic ring is 1.